The number of aromatic nitrogens is 2. The Bertz CT molecular complexity index is 1260. The highest BCUT2D eigenvalue weighted by atomic mass is 16.5. The quantitative estimate of drug-likeness (QED) is 0.508. The fourth-order valence-corrected chi connectivity index (χ4v) is 3.18. The summed E-state index contributed by atoms with van der Waals surface area (Å²) in [4.78, 5) is 36.7. The number of hydrogen-bond acceptors (Lipinski definition) is 6. The number of fused-ring (bicyclic) bond motifs is 2. The lowest BCUT2D eigenvalue weighted by molar-refractivity contribution is -0.118. The maximum Gasteiger partial charge on any atom is 0.292 e. The van der Waals surface area contributed by atoms with Crippen molar-refractivity contribution < 1.29 is 14.3 Å². The van der Waals surface area contributed by atoms with E-state index in [1.165, 1.54) is 4.68 Å². The summed E-state index contributed by atoms with van der Waals surface area (Å²) in [6, 6.07) is 12.1. The Labute approximate surface area is 171 Å². The highest BCUT2D eigenvalue weighted by Gasteiger charge is 2.18. The van der Waals surface area contributed by atoms with E-state index in [9.17, 15) is 14.4 Å². The molecule has 2 aromatic carbocycles. The van der Waals surface area contributed by atoms with Crippen LogP contribution in [0.2, 0.25) is 0 Å². The van der Waals surface area contributed by atoms with Crippen molar-refractivity contribution in [3.05, 3.63) is 64.1 Å². The molecule has 9 heteroatoms. The van der Waals surface area contributed by atoms with Gasteiger partial charge in [-0.2, -0.15) is 10.2 Å². The Morgan fingerprint density at radius 3 is 2.77 bits per heavy atom. The monoisotopic (exact) mass is 405 g/mol. The Hall–Kier alpha value is -4.01. The van der Waals surface area contributed by atoms with Gasteiger partial charge in [0.15, 0.2) is 12.3 Å². The number of hydrogen-bond donors (Lipinski definition) is 2. The number of ether oxygens (including phenoxy) is 1. The minimum absolute atomic E-state index is 0.0175. The normalized spacial score (nSPS) is 13.4. The van der Waals surface area contributed by atoms with Crippen molar-refractivity contribution in [3.63, 3.8) is 0 Å². The molecule has 2 amide bonds. The molecule has 2 heterocycles. The third kappa shape index (κ3) is 3.52. The van der Waals surface area contributed by atoms with Crippen molar-refractivity contribution in [2.75, 3.05) is 11.9 Å². The van der Waals surface area contributed by atoms with Gasteiger partial charge in [0.25, 0.3) is 17.4 Å². The molecular weight excluding hydrogens is 386 g/mol. The number of benzene rings is 2. The average Bonchev–Trinajstić information content (AvgIpc) is 2.77. The summed E-state index contributed by atoms with van der Waals surface area (Å²) in [6.45, 7) is 3.84. The van der Waals surface area contributed by atoms with Crippen LogP contribution in [-0.4, -0.2) is 33.9 Å². The van der Waals surface area contributed by atoms with Crippen LogP contribution in [0.1, 0.15) is 29.9 Å². The van der Waals surface area contributed by atoms with Gasteiger partial charge in [-0.15, -0.1) is 0 Å². The maximum absolute atomic E-state index is 12.8. The molecular formula is C21H19N5O4. The van der Waals surface area contributed by atoms with Crippen molar-refractivity contribution in [2.45, 2.75) is 20.4 Å². The number of nitrogens with one attached hydrogen (secondary N) is 2. The van der Waals surface area contributed by atoms with E-state index in [-0.39, 0.29) is 23.8 Å². The Balaban J connectivity index is 1.63. The van der Waals surface area contributed by atoms with Crippen LogP contribution in [0.3, 0.4) is 0 Å². The second-order valence-electron chi connectivity index (χ2n) is 6.70. The molecule has 0 saturated carbocycles. The lowest BCUT2D eigenvalue weighted by atomic mass is 10.1. The lowest BCUT2D eigenvalue weighted by Crippen LogP contribution is -2.29. The number of carbonyl (C=O) groups excluding carboxylic acids is 2. The van der Waals surface area contributed by atoms with Crippen LogP contribution in [0.4, 0.5) is 5.69 Å². The van der Waals surface area contributed by atoms with Gasteiger partial charge < -0.3 is 10.1 Å². The molecule has 0 aliphatic carbocycles. The second kappa shape index (κ2) is 7.78. The zero-order valence-electron chi connectivity index (χ0n) is 16.4. The summed E-state index contributed by atoms with van der Waals surface area (Å²) in [5.74, 6) is -0.179. The Morgan fingerprint density at radius 2 is 2.00 bits per heavy atom. The van der Waals surface area contributed by atoms with Gasteiger partial charge >= 0.3 is 0 Å². The number of aryl methyl sites for hydroxylation is 1. The fourth-order valence-electron chi connectivity index (χ4n) is 3.18. The highest BCUT2D eigenvalue weighted by Crippen LogP contribution is 2.28. The second-order valence-corrected chi connectivity index (χ2v) is 6.70. The number of anilines is 1. The van der Waals surface area contributed by atoms with Crippen molar-refractivity contribution in [1.82, 2.24) is 15.2 Å². The van der Waals surface area contributed by atoms with Gasteiger partial charge in [0, 0.05) is 11.9 Å². The predicted octanol–water partition coefficient (Wildman–Crippen LogP) is 1.90. The summed E-state index contributed by atoms with van der Waals surface area (Å²) >= 11 is 0. The molecule has 0 atom stereocenters. The third-order valence-electron chi connectivity index (χ3n) is 4.74. The summed E-state index contributed by atoms with van der Waals surface area (Å²) < 4.78 is 6.59. The molecule has 1 aromatic heterocycles. The van der Waals surface area contributed by atoms with E-state index in [1.807, 2.05) is 0 Å². The minimum Gasteiger partial charge on any atom is -0.482 e. The minimum atomic E-state index is -0.526. The summed E-state index contributed by atoms with van der Waals surface area (Å²) in [5, 5.41) is 12.0. The largest absolute Gasteiger partial charge is 0.482 e. The number of carbonyl (C=O) groups is 2. The fraction of sp³-hybridized carbons (Fsp3) is 0.190. The number of rotatable bonds is 4. The van der Waals surface area contributed by atoms with Crippen LogP contribution in [0, 0.1) is 0 Å². The zero-order chi connectivity index (χ0) is 21.3. The third-order valence-corrected chi connectivity index (χ3v) is 4.74. The molecule has 30 heavy (non-hydrogen) atoms. The van der Waals surface area contributed by atoms with Gasteiger partial charge in [0.2, 0.25) is 0 Å². The predicted molar refractivity (Wildman–Crippen MR) is 112 cm³/mol. The van der Waals surface area contributed by atoms with Crippen molar-refractivity contribution >= 4 is 34.0 Å². The zero-order valence-corrected chi connectivity index (χ0v) is 16.4. The average molecular weight is 405 g/mol. The molecule has 0 fully saturated rings. The molecule has 3 aromatic rings. The molecule has 2 N–H and O–H groups in total. The molecule has 9 nitrogen and oxygen atoms in total. The van der Waals surface area contributed by atoms with Crippen molar-refractivity contribution in [1.29, 1.82) is 0 Å². The van der Waals surface area contributed by atoms with Crippen LogP contribution < -0.4 is 21.0 Å². The standard InChI is InChI=1S/C21H19N5O4/c1-3-26-21(29)15-7-5-4-6-14(15)19(25-26)20(28)24-23-12(2)13-8-9-17-16(10-13)22-18(27)11-30-17/h4-10H,3,11H2,1-2H3,(H,22,27)(H,24,28)/b23-12-. The van der Waals surface area contributed by atoms with Crippen LogP contribution in [-0.2, 0) is 11.3 Å². The van der Waals surface area contributed by atoms with Gasteiger partial charge in [-0.1, -0.05) is 18.2 Å². The molecule has 0 saturated heterocycles. The van der Waals surface area contributed by atoms with Gasteiger partial charge in [0.05, 0.1) is 16.8 Å². The van der Waals surface area contributed by atoms with Gasteiger partial charge in [0.1, 0.15) is 5.75 Å². The SMILES string of the molecule is CCn1nc(C(=O)N/N=C(/C)c2ccc3c(c2)NC(=O)CO3)c2ccccc2c1=O. The van der Waals surface area contributed by atoms with Gasteiger partial charge in [-0.05, 0) is 43.7 Å². The van der Waals surface area contributed by atoms with Crippen molar-refractivity contribution in [2.24, 2.45) is 5.10 Å². The number of amides is 2. The summed E-state index contributed by atoms with van der Waals surface area (Å²) in [5.41, 5.74) is 4.15. The topological polar surface area (TPSA) is 115 Å². The molecule has 152 valence electrons. The van der Waals surface area contributed by atoms with E-state index < -0.39 is 5.91 Å². The number of hydrazone groups is 1. The van der Waals surface area contributed by atoms with E-state index in [4.69, 9.17) is 4.74 Å². The van der Waals surface area contributed by atoms with E-state index in [2.05, 4.69) is 20.9 Å². The van der Waals surface area contributed by atoms with Crippen LogP contribution in [0.5, 0.6) is 5.75 Å². The van der Waals surface area contributed by atoms with Crippen LogP contribution >= 0.6 is 0 Å². The van der Waals surface area contributed by atoms with E-state index in [0.29, 0.717) is 40.0 Å². The molecule has 0 spiro atoms. The highest BCUT2D eigenvalue weighted by molar-refractivity contribution is 6.06. The molecule has 1 aliphatic rings. The molecule has 4 rings (SSSR count). The van der Waals surface area contributed by atoms with E-state index >= 15 is 0 Å². The van der Waals surface area contributed by atoms with Crippen LogP contribution in [0.15, 0.2) is 52.4 Å². The lowest BCUT2D eigenvalue weighted by Gasteiger charge is -2.18. The van der Waals surface area contributed by atoms with Gasteiger partial charge in [-0.3, -0.25) is 14.4 Å². The molecule has 1 aliphatic heterocycles. The first kappa shape index (κ1) is 19.3. The Kier molecular flexibility index (Phi) is 5.01. The molecule has 0 radical (unpaired) electrons. The van der Waals surface area contributed by atoms with E-state index in [0.717, 1.165) is 0 Å². The van der Waals surface area contributed by atoms with Gasteiger partial charge in [-0.25, -0.2) is 10.1 Å². The molecule has 0 bridgehead atoms. The summed E-state index contributed by atoms with van der Waals surface area (Å²) in [7, 11) is 0. The first-order valence-electron chi connectivity index (χ1n) is 9.39. The van der Waals surface area contributed by atoms with Crippen LogP contribution in [0.25, 0.3) is 10.8 Å². The molecule has 0 unspecified atom stereocenters. The number of nitrogens with zero attached hydrogens (tertiary/aromatic N) is 3. The first-order valence-corrected chi connectivity index (χ1v) is 9.39. The smallest absolute Gasteiger partial charge is 0.292 e. The van der Waals surface area contributed by atoms with E-state index in [1.54, 1.807) is 56.3 Å². The first-order chi connectivity index (χ1) is 14.5. The Morgan fingerprint density at radius 1 is 1.23 bits per heavy atom. The summed E-state index contributed by atoms with van der Waals surface area (Å²) in [6.07, 6.45) is 0. The van der Waals surface area contributed by atoms with Crippen molar-refractivity contribution in [3.8, 4) is 5.75 Å². The maximum atomic E-state index is 12.8.